The Labute approximate surface area is 101 Å². The number of rotatable bonds is 2. The fourth-order valence-corrected chi connectivity index (χ4v) is 2.88. The zero-order valence-corrected chi connectivity index (χ0v) is 11.7. The molecule has 0 aliphatic carbocycles. The first-order valence-corrected chi connectivity index (χ1v) is 6.69. The van der Waals surface area contributed by atoms with Gasteiger partial charge < -0.3 is 5.11 Å². The van der Waals surface area contributed by atoms with Crippen molar-refractivity contribution in [2.45, 2.75) is 71.9 Å². The van der Waals surface area contributed by atoms with E-state index in [1.54, 1.807) is 0 Å². The highest BCUT2D eigenvalue weighted by atomic mass is 16.3. The van der Waals surface area contributed by atoms with Gasteiger partial charge in [0.2, 0.25) is 0 Å². The van der Waals surface area contributed by atoms with Crippen molar-refractivity contribution in [3.8, 4) is 0 Å². The maximum atomic E-state index is 10.5. The van der Waals surface area contributed by atoms with Crippen molar-refractivity contribution in [3.63, 3.8) is 0 Å². The highest BCUT2D eigenvalue weighted by molar-refractivity contribution is 4.95. The van der Waals surface area contributed by atoms with Crippen LogP contribution in [0.3, 0.4) is 0 Å². The van der Waals surface area contributed by atoms with Crippen LogP contribution in [0, 0.1) is 5.41 Å². The fraction of sp³-hybridized carbons (Fsp3) is 1.00. The average molecular weight is 227 g/mol. The molecule has 1 saturated heterocycles. The molecule has 0 spiro atoms. The van der Waals surface area contributed by atoms with Crippen molar-refractivity contribution in [3.05, 3.63) is 0 Å². The monoisotopic (exact) mass is 227 g/mol. The van der Waals surface area contributed by atoms with E-state index in [2.05, 4.69) is 39.5 Å². The Hall–Kier alpha value is -0.0800. The van der Waals surface area contributed by atoms with Crippen molar-refractivity contribution in [1.29, 1.82) is 0 Å². The summed E-state index contributed by atoms with van der Waals surface area (Å²) < 4.78 is 0. The molecule has 96 valence electrons. The van der Waals surface area contributed by atoms with Gasteiger partial charge in [0.25, 0.3) is 0 Å². The molecule has 0 amide bonds. The first-order valence-electron chi connectivity index (χ1n) is 6.69. The maximum absolute atomic E-state index is 10.5. The molecule has 1 N–H and O–H groups in total. The SMILES string of the molecule is CC(C)(C)C(O)C(C)(C)N1CCCCCC1. The normalized spacial score (nSPS) is 22.9. The molecule has 1 aliphatic heterocycles. The van der Waals surface area contributed by atoms with E-state index in [1.807, 2.05) is 0 Å². The molecule has 16 heavy (non-hydrogen) atoms. The van der Waals surface area contributed by atoms with Gasteiger partial charge in [0.1, 0.15) is 0 Å². The van der Waals surface area contributed by atoms with E-state index in [4.69, 9.17) is 0 Å². The second-order valence-corrected chi connectivity index (χ2v) is 6.82. The number of aliphatic hydroxyl groups excluding tert-OH is 1. The molecule has 0 aromatic heterocycles. The van der Waals surface area contributed by atoms with E-state index < -0.39 is 0 Å². The van der Waals surface area contributed by atoms with Crippen LogP contribution in [0.1, 0.15) is 60.3 Å². The van der Waals surface area contributed by atoms with E-state index >= 15 is 0 Å². The minimum Gasteiger partial charge on any atom is -0.391 e. The number of hydrogen-bond donors (Lipinski definition) is 1. The Kier molecular flexibility index (Phi) is 4.42. The maximum Gasteiger partial charge on any atom is 0.0766 e. The second kappa shape index (κ2) is 5.05. The van der Waals surface area contributed by atoms with Gasteiger partial charge in [-0.15, -0.1) is 0 Å². The summed E-state index contributed by atoms with van der Waals surface area (Å²) in [4.78, 5) is 2.48. The lowest BCUT2D eigenvalue weighted by Crippen LogP contribution is -2.57. The summed E-state index contributed by atoms with van der Waals surface area (Å²) in [5, 5.41) is 10.5. The molecule has 1 fully saturated rings. The molecule has 0 saturated carbocycles. The molecule has 2 heteroatoms. The lowest BCUT2D eigenvalue weighted by molar-refractivity contribution is -0.0656. The highest BCUT2D eigenvalue weighted by Gasteiger charge is 2.40. The molecular weight excluding hydrogens is 198 g/mol. The Bertz CT molecular complexity index is 209. The Morgan fingerprint density at radius 3 is 1.69 bits per heavy atom. The summed E-state index contributed by atoms with van der Waals surface area (Å²) >= 11 is 0. The summed E-state index contributed by atoms with van der Waals surface area (Å²) in [6.07, 6.45) is 4.97. The number of likely N-dealkylation sites (tertiary alicyclic amines) is 1. The molecule has 1 heterocycles. The predicted molar refractivity (Wildman–Crippen MR) is 69.6 cm³/mol. The predicted octanol–water partition coefficient (Wildman–Crippen LogP) is 3.05. The Morgan fingerprint density at radius 2 is 1.31 bits per heavy atom. The van der Waals surface area contributed by atoms with E-state index in [-0.39, 0.29) is 17.1 Å². The molecular formula is C14H29NO. The first-order chi connectivity index (χ1) is 7.26. The van der Waals surface area contributed by atoms with E-state index in [1.165, 1.54) is 25.7 Å². The van der Waals surface area contributed by atoms with Crippen molar-refractivity contribution in [1.82, 2.24) is 4.90 Å². The average Bonchev–Trinajstić information content (AvgIpc) is 2.43. The minimum absolute atomic E-state index is 0.0458. The number of hydrogen-bond acceptors (Lipinski definition) is 2. The van der Waals surface area contributed by atoms with Gasteiger partial charge in [-0.1, -0.05) is 33.6 Å². The van der Waals surface area contributed by atoms with Gasteiger partial charge in [-0.25, -0.2) is 0 Å². The zero-order chi connectivity index (χ0) is 12.4. The van der Waals surface area contributed by atoms with Crippen LogP contribution in [0.4, 0.5) is 0 Å². The summed E-state index contributed by atoms with van der Waals surface area (Å²) in [6.45, 7) is 13.0. The van der Waals surface area contributed by atoms with Crippen LogP contribution >= 0.6 is 0 Å². The summed E-state index contributed by atoms with van der Waals surface area (Å²) in [5.41, 5.74) is -0.154. The van der Waals surface area contributed by atoms with E-state index in [0.717, 1.165) is 13.1 Å². The minimum atomic E-state index is -0.280. The zero-order valence-electron chi connectivity index (χ0n) is 11.7. The van der Waals surface area contributed by atoms with Gasteiger partial charge in [-0.3, -0.25) is 4.90 Å². The third-order valence-corrected chi connectivity index (χ3v) is 3.91. The lowest BCUT2D eigenvalue weighted by Gasteiger charge is -2.46. The topological polar surface area (TPSA) is 23.5 Å². The van der Waals surface area contributed by atoms with Crippen LogP contribution in [0.5, 0.6) is 0 Å². The largest absolute Gasteiger partial charge is 0.391 e. The second-order valence-electron chi connectivity index (χ2n) is 6.82. The van der Waals surface area contributed by atoms with Gasteiger partial charge in [0.15, 0.2) is 0 Å². The lowest BCUT2D eigenvalue weighted by atomic mass is 9.77. The highest BCUT2D eigenvalue weighted by Crippen LogP contribution is 2.33. The van der Waals surface area contributed by atoms with Crippen LogP contribution in [0.15, 0.2) is 0 Å². The van der Waals surface area contributed by atoms with Crippen LogP contribution < -0.4 is 0 Å². The van der Waals surface area contributed by atoms with Gasteiger partial charge >= 0.3 is 0 Å². The molecule has 0 radical (unpaired) electrons. The smallest absolute Gasteiger partial charge is 0.0766 e. The molecule has 0 aromatic rings. The van der Waals surface area contributed by atoms with Crippen LogP contribution in [-0.2, 0) is 0 Å². The number of aliphatic hydroxyl groups is 1. The molecule has 2 nitrogen and oxygen atoms in total. The number of nitrogens with zero attached hydrogens (tertiary/aromatic N) is 1. The first kappa shape index (κ1) is 14.0. The molecule has 0 bridgehead atoms. The van der Waals surface area contributed by atoms with E-state index in [9.17, 15) is 5.11 Å². The summed E-state index contributed by atoms with van der Waals surface area (Å²) in [5.74, 6) is 0. The van der Waals surface area contributed by atoms with Crippen LogP contribution in [0.25, 0.3) is 0 Å². The Balaban J connectivity index is 2.74. The molecule has 1 aliphatic rings. The fourth-order valence-electron chi connectivity index (χ4n) is 2.88. The summed E-state index contributed by atoms with van der Waals surface area (Å²) in [7, 11) is 0. The summed E-state index contributed by atoms with van der Waals surface area (Å²) in [6, 6.07) is 0. The van der Waals surface area contributed by atoms with Crippen LogP contribution in [0.2, 0.25) is 0 Å². The third-order valence-electron chi connectivity index (χ3n) is 3.91. The van der Waals surface area contributed by atoms with Crippen LogP contribution in [-0.4, -0.2) is 34.7 Å². The van der Waals surface area contributed by atoms with E-state index in [0.29, 0.717) is 0 Å². The molecule has 1 atom stereocenters. The van der Waals surface area contributed by atoms with Crippen molar-refractivity contribution < 1.29 is 5.11 Å². The standard InChI is InChI=1S/C14H29NO/c1-13(2,3)12(16)14(4,5)15-10-8-6-7-9-11-15/h12,16H,6-11H2,1-5H3. The van der Waals surface area contributed by atoms with Gasteiger partial charge in [0.05, 0.1) is 6.10 Å². The quantitative estimate of drug-likeness (QED) is 0.784. The molecule has 1 rings (SSSR count). The van der Waals surface area contributed by atoms with Crippen molar-refractivity contribution in [2.24, 2.45) is 5.41 Å². The molecule has 0 aromatic carbocycles. The van der Waals surface area contributed by atoms with Crippen molar-refractivity contribution >= 4 is 0 Å². The van der Waals surface area contributed by atoms with Gasteiger partial charge in [0, 0.05) is 5.54 Å². The van der Waals surface area contributed by atoms with Crippen molar-refractivity contribution in [2.75, 3.05) is 13.1 Å². The van der Waals surface area contributed by atoms with Gasteiger partial charge in [-0.05, 0) is 45.2 Å². The third kappa shape index (κ3) is 3.21. The molecule has 1 unspecified atom stereocenters. The van der Waals surface area contributed by atoms with Gasteiger partial charge in [-0.2, -0.15) is 0 Å². The Morgan fingerprint density at radius 1 is 0.875 bits per heavy atom.